The molecule has 0 saturated heterocycles. The molecule has 0 spiro atoms. The van der Waals surface area contributed by atoms with Crippen molar-refractivity contribution in [2.45, 2.75) is 42.9 Å². The van der Waals surface area contributed by atoms with Crippen molar-refractivity contribution in [3.63, 3.8) is 0 Å². The van der Waals surface area contributed by atoms with Gasteiger partial charge >= 0.3 is 5.97 Å². The van der Waals surface area contributed by atoms with Crippen molar-refractivity contribution in [1.29, 1.82) is 0 Å². The maximum absolute atomic E-state index is 13.1. The number of aromatic carboxylic acids is 1. The summed E-state index contributed by atoms with van der Waals surface area (Å²) in [5.41, 5.74) is -1.64. The fraction of sp³-hybridized carbons (Fsp3) is 0.278. The molecule has 9 heteroatoms. The quantitative estimate of drug-likeness (QED) is 0.600. The van der Waals surface area contributed by atoms with Gasteiger partial charge in [-0.25, -0.2) is 13.2 Å². The van der Waals surface area contributed by atoms with Gasteiger partial charge in [-0.3, -0.25) is 10.1 Å². The first kappa shape index (κ1) is 20.4. The van der Waals surface area contributed by atoms with Crippen LogP contribution in [0, 0.1) is 17.0 Å². The van der Waals surface area contributed by atoms with E-state index in [1.807, 2.05) is 0 Å². The molecular formula is C18H19NO7S. The third kappa shape index (κ3) is 3.63. The zero-order valence-corrected chi connectivity index (χ0v) is 16.0. The van der Waals surface area contributed by atoms with Crippen molar-refractivity contribution in [3.8, 4) is 5.75 Å². The summed E-state index contributed by atoms with van der Waals surface area (Å²) in [6, 6.07) is 5.74. The third-order valence-corrected chi connectivity index (χ3v) is 6.04. The van der Waals surface area contributed by atoms with E-state index in [1.54, 1.807) is 20.8 Å². The Bertz CT molecular complexity index is 1050. The largest absolute Gasteiger partial charge is 0.507 e. The zero-order valence-electron chi connectivity index (χ0n) is 15.2. The smallest absolute Gasteiger partial charge is 0.339 e. The highest BCUT2D eigenvalue weighted by atomic mass is 32.2. The summed E-state index contributed by atoms with van der Waals surface area (Å²) in [7, 11) is -4.26. The number of carbonyl (C=O) groups is 1. The van der Waals surface area contributed by atoms with Gasteiger partial charge in [0.25, 0.3) is 5.69 Å². The van der Waals surface area contributed by atoms with Gasteiger partial charge in [0.1, 0.15) is 11.3 Å². The summed E-state index contributed by atoms with van der Waals surface area (Å²) in [5, 5.41) is 30.8. The number of nitrogens with zero attached hydrogens (tertiary/aromatic N) is 1. The van der Waals surface area contributed by atoms with Gasteiger partial charge in [-0.1, -0.05) is 26.8 Å². The molecule has 144 valence electrons. The lowest BCUT2D eigenvalue weighted by atomic mass is 9.84. The van der Waals surface area contributed by atoms with Gasteiger partial charge in [-0.05, 0) is 30.0 Å². The van der Waals surface area contributed by atoms with Crippen molar-refractivity contribution in [3.05, 3.63) is 57.1 Å². The van der Waals surface area contributed by atoms with Crippen LogP contribution in [-0.2, 0) is 15.3 Å². The van der Waals surface area contributed by atoms with E-state index in [0.717, 1.165) is 12.1 Å². The predicted molar refractivity (Wildman–Crippen MR) is 97.1 cm³/mol. The number of sulfone groups is 1. The van der Waals surface area contributed by atoms with E-state index < -0.39 is 43.1 Å². The highest BCUT2D eigenvalue weighted by molar-refractivity contribution is 7.91. The van der Waals surface area contributed by atoms with E-state index in [1.165, 1.54) is 25.1 Å². The molecule has 0 atom stereocenters. The highest BCUT2D eigenvalue weighted by Gasteiger charge is 2.31. The molecule has 2 N–H and O–H groups in total. The number of aromatic hydroxyl groups is 1. The van der Waals surface area contributed by atoms with Gasteiger partial charge in [0.05, 0.1) is 14.7 Å². The third-order valence-electron chi connectivity index (χ3n) is 4.16. The summed E-state index contributed by atoms with van der Waals surface area (Å²) in [6.07, 6.45) is 0. The number of carboxylic acid groups (broad SMARTS) is 1. The van der Waals surface area contributed by atoms with E-state index in [-0.39, 0.29) is 20.9 Å². The second kappa shape index (κ2) is 6.66. The van der Waals surface area contributed by atoms with Crippen LogP contribution in [0.1, 0.15) is 42.3 Å². The molecule has 2 aromatic rings. The molecule has 0 aliphatic heterocycles. The van der Waals surface area contributed by atoms with Crippen LogP contribution in [0.3, 0.4) is 0 Å². The minimum Gasteiger partial charge on any atom is -0.507 e. The summed E-state index contributed by atoms with van der Waals surface area (Å²) < 4.78 is 26.2. The first-order valence-electron chi connectivity index (χ1n) is 7.88. The number of non-ortho nitro benzene ring substituents is 1. The van der Waals surface area contributed by atoms with Gasteiger partial charge in [0, 0.05) is 17.7 Å². The summed E-state index contributed by atoms with van der Waals surface area (Å²) in [5.74, 6) is -1.96. The fourth-order valence-electron chi connectivity index (χ4n) is 2.75. The standard InChI is InChI=1S/C18H19NO7S/c1-10-14(9-13(18(2,3)4)16(20)15(10)17(21)22)27(25,26)12-7-5-6-11(8-12)19(23)24/h5-9,20H,1-4H3,(H,21,22). The van der Waals surface area contributed by atoms with Crippen LogP contribution in [0.4, 0.5) is 5.69 Å². The van der Waals surface area contributed by atoms with Gasteiger partial charge in [0.2, 0.25) is 9.84 Å². The van der Waals surface area contributed by atoms with Crippen molar-refractivity contribution in [2.75, 3.05) is 0 Å². The van der Waals surface area contributed by atoms with E-state index in [4.69, 9.17) is 0 Å². The number of benzene rings is 2. The Morgan fingerprint density at radius 2 is 1.78 bits per heavy atom. The molecule has 0 saturated carbocycles. The Labute approximate surface area is 156 Å². The average Bonchev–Trinajstić information content (AvgIpc) is 2.53. The Kier molecular flexibility index (Phi) is 5.02. The SMILES string of the molecule is Cc1c(S(=O)(=O)c2cccc([N+](=O)[O-])c2)cc(C(C)(C)C)c(O)c1C(=O)O. The summed E-state index contributed by atoms with van der Waals surface area (Å²) >= 11 is 0. The number of hydrogen-bond donors (Lipinski definition) is 2. The lowest BCUT2D eigenvalue weighted by molar-refractivity contribution is -0.385. The molecule has 0 unspecified atom stereocenters. The number of phenols is 1. The van der Waals surface area contributed by atoms with Crippen LogP contribution >= 0.6 is 0 Å². The fourth-order valence-corrected chi connectivity index (χ4v) is 4.31. The average molecular weight is 393 g/mol. The molecule has 27 heavy (non-hydrogen) atoms. The molecule has 0 aliphatic rings. The van der Waals surface area contributed by atoms with Crippen molar-refractivity contribution in [2.24, 2.45) is 0 Å². The van der Waals surface area contributed by atoms with Crippen molar-refractivity contribution < 1.29 is 28.3 Å². The van der Waals surface area contributed by atoms with E-state index in [9.17, 15) is 33.5 Å². The molecule has 0 bridgehead atoms. The van der Waals surface area contributed by atoms with Gasteiger partial charge < -0.3 is 10.2 Å². The first-order valence-corrected chi connectivity index (χ1v) is 9.36. The highest BCUT2D eigenvalue weighted by Crippen LogP contribution is 2.39. The molecule has 0 fully saturated rings. The molecule has 2 rings (SSSR count). The van der Waals surface area contributed by atoms with E-state index in [2.05, 4.69) is 0 Å². The Morgan fingerprint density at radius 3 is 2.26 bits per heavy atom. The van der Waals surface area contributed by atoms with E-state index in [0.29, 0.717) is 0 Å². The molecule has 0 radical (unpaired) electrons. The lowest BCUT2D eigenvalue weighted by Crippen LogP contribution is -2.17. The monoisotopic (exact) mass is 393 g/mol. The van der Waals surface area contributed by atoms with E-state index >= 15 is 0 Å². The number of nitro benzene ring substituents is 1. The molecule has 0 aliphatic carbocycles. The minimum absolute atomic E-state index is 0.139. The van der Waals surface area contributed by atoms with Crippen LogP contribution in [0.2, 0.25) is 0 Å². The summed E-state index contributed by atoms with van der Waals surface area (Å²) in [4.78, 5) is 21.2. The van der Waals surface area contributed by atoms with Crippen molar-refractivity contribution in [1.82, 2.24) is 0 Å². The molecule has 0 amide bonds. The Hall–Kier alpha value is -2.94. The van der Waals surface area contributed by atoms with Crippen LogP contribution in [0.5, 0.6) is 5.75 Å². The van der Waals surface area contributed by atoms with Gasteiger partial charge in [0.15, 0.2) is 0 Å². The minimum atomic E-state index is -4.26. The predicted octanol–water partition coefficient (Wildman–Crippen LogP) is 3.44. The molecular weight excluding hydrogens is 374 g/mol. The lowest BCUT2D eigenvalue weighted by Gasteiger charge is -2.24. The zero-order chi connectivity index (χ0) is 20.7. The number of carboxylic acids is 1. The van der Waals surface area contributed by atoms with Crippen LogP contribution in [0.25, 0.3) is 0 Å². The summed E-state index contributed by atoms with van der Waals surface area (Å²) in [6.45, 7) is 6.38. The van der Waals surface area contributed by atoms with Gasteiger partial charge in [-0.2, -0.15) is 0 Å². The van der Waals surface area contributed by atoms with Gasteiger partial charge in [-0.15, -0.1) is 0 Å². The van der Waals surface area contributed by atoms with Crippen LogP contribution in [0.15, 0.2) is 40.1 Å². The maximum Gasteiger partial charge on any atom is 0.339 e. The van der Waals surface area contributed by atoms with Crippen LogP contribution < -0.4 is 0 Å². The second-order valence-electron chi connectivity index (χ2n) is 7.08. The number of hydrogen-bond acceptors (Lipinski definition) is 6. The molecule has 2 aromatic carbocycles. The normalized spacial score (nSPS) is 12.0. The Balaban J connectivity index is 2.89. The topological polar surface area (TPSA) is 135 Å². The maximum atomic E-state index is 13.1. The number of nitro groups is 1. The molecule has 0 aromatic heterocycles. The first-order chi connectivity index (χ1) is 12.3. The van der Waals surface area contributed by atoms with Crippen LogP contribution in [-0.4, -0.2) is 29.5 Å². The van der Waals surface area contributed by atoms with Crippen molar-refractivity contribution >= 4 is 21.5 Å². The molecule has 8 nitrogen and oxygen atoms in total. The Morgan fingerprint density at radius 1 is 1.19 bits per heavy atom. The number of rotatable bonds is 4. The molecule has 0 heterocycles. The second-order valence-corrected chi connectivity index (χ2v) is 9.00.